The van der Waals surface area contributed by atoms with Crippen LogP contribution in [0.3, 0.4) is 0 Å². The van der Waals surface area contributed by atoms with Crippen molar-refractivity contribution in [2.45, 2.75) is 30.7 Å². The lowest BCUT2D eigenvalue weighted by Gasteiger charge is -2.28. The van der Waals surface area contributed by atoms with Gasteiger partial charge < -0.3 is 15.5 Å². The van der Waals surface area contributed by atoms with Gasteiger partial charge in [-0.1, -0.05) is 30.3 Å². The van der Waals surface area contributed by atoms with Gasteiger partial charge in [0.05, 0.1) is 11.7 Å². The number of amides is 3. The second-order valence-corrected chi connectivity index (χ2v) is 8.94. The number of hydrogen-bond donors (Lipinski definition) is 2. The molecule has 3 amide bonds. The van der Waals surface area contributed by atoms with E-state index in [4.69, 9.17) is 0 Å². The van der Waals surface area contributed by atoms with Crippen LogP contribution in [0.25, 0.3) is 0 Å². The first-order valence-corrected chi connectivity index (χ1v) is 11.3. The molecule has 1 heterocycles. The molecule has 0 saturated carbocycles. The number of nitrogens with zero attached hydrogens (tertiary/aromatic N) is 1. The van der Waals surface area contributed by atoms with E-state index in [2.05, 4.69) is 10.6 Å². The van der Waals surface area contributed by atoms with Gasteiger partial charge in [0.15, 0.2) is 0 Å². The minimum absolute atomic E-state index is 0.161. The summed E-state index contributed by atoms with van der Waals surface area (Å²) in [5, 5.41) is 5.05. The Morgan fingerprint density at radius 2 is 1.81 bits per heavy atom. The van der Waals surface area contributed by atoms with Gasteiger partial charge in [0.25, 0.3) is 0 Å². The Balaban J connectivity index is 1.68. The zero-order chi connectivity index (χ0) is 23.3. The van der Waals surface area contributed by atoms with Crippen molar-refractivity contribution in [2.24, 2.45) is 0 Å². The Kier molecular flexibility index (Phi) is 7.84. The van der Waals surface area contributed by atoms with Crippen molar-refractivity contribution in [2.75, 3.05) is 19.3 Å². The van der Waals surface area contributed by atoms with Crippen LogP contribution in [-0.2, 0) is 20.8 Å². The van der Waals surface area contributed by atoms with E-state index in [1.54, 1.807) is 23.7 Å². The summed E-state index contributed by atoms with van der Waals surface area (Å²) in [5.74, 6) is -2.11. The Bertz CT molecular complexity index is 969. The molecule has 170 valence electrons. The van der Waals surface area contributed by atoms with Crippen molar-refractivity contribution in [3.05, 3.63) is 71.3 Å². The molecule has 32 heavy (non-hydrogen) atoms. The van der Waals surface area contributed by atoms with E-state index >= 15 is 0 Å². The van der Waals surface area contributed by atoms with E-state index in [0.29, 0.717) is 6.54 Å². The summed E-state index contributed by atoms with van der Waals surface area (Å²) >= 11 is 1.59. The number of halogens is 2. The number of benzene rings is 2. The monoisotopic (exact) mass is 461 g/mol. The molecule has 0 aliphatic carbocycles. The standard InChI is InChI=1S/C23H25F2N3O3S/c1-14(26-19(29)12-15-10-17(24)13-18(25)11-15)22(30)27-20-21(16-6-4-3-5-7-16)32-9-8-28(2)23(20)31/h3-7,10-11,13-14,20-21H,8-9,12H2,1-2H3,(H,26,29)(H,27,30)/t14-,20-,21+/m0/s1. The first kappa shape index (κ1) is 23.7. The van der Waals surface area contributed by atoms with E-state index < -0.39 is 35.5 Å². The van der Waals surface area contributed by atoms with Crippen LogP contribution in [0.5, 0.6) is 0 Å². The van der Waals surface area contributed by atoms with Gasteiger partial charge in [-0.05, 0) is 30.2 Å². The fraction of sp³-hybridized carbons (Fsp3) is 0.348. The number of nitrogens with one attached hydrogen (secondary N) is 2. The fourth-order valence-corrected chi connectivity index (χ4v) is 4.85. The molecule has 9 heteroatoms. The van der Waals surface area contributed by atoms with Crippen molar-refractivity contribution in [1.82, 2.24) is 15.5 Å². The van der Waals surface area contributed by atoms with Crippen molar-refractivity contribution in [1.29, 1.82) is 0 Å². The SMILES string of the molecule is C[C@H](NC(=O)Cc1cc(F)cc(F)c1)C(=O)N[C@@H]1C(=O)N(C)CCS[C@@H]1c1ccccc1. The molecule has 2 aromatic carbocycles. The molecule has 6 nitrogen and oxygen atoms in total. The van der Waals surface area contributed by atoms with Crippen molar-refractivity contribution >= 4 is 29.5 Å². The minimum Gasteiger partial charge on any atom is -0.344 e. The maximum absolute atomic E-state index is 13.3. The Labute approximate surface area is 189 Å². The highest BCUT2D eigenvalue weighted by atomic mass is 32.2. The second-order valence-electron chi connectivity index (χ2n) is 7.69. The normalized spacial score (nSPS) is 19.8. The Hall–Kier alpha value is -2.94. The number of carbonyl (C=O) groups excluding carboxylic acids is 3. The number of thioether (sulfide) groups is 1. The molecular weight excluding hydrogens is 436 g/mol. The van der Waals surface area contributed by atoms with E-state index in [0.717, 1.165) is 29.5 Å². The Morgan fingerprint density at radius 1 is 1.16 bits per heavy atom. The van der Waals surface area contributed by atoms with Crippen LogP contribution in [-0.4, -0.2) is 54.1 Å². The Morgan fingerprint density at radius 3 is 2.47 bits per heavy atom. The van der Waals surface area contributed by atoms with Crippen LogP contribution in [0, 0.1) is 11.6 Å². The lowest BCUT2D eigenvalue weighted by atomic mass is 10.0. The summed E-state index contributed by atoms with van der Waals surface area (Å²) in [6.07, 6.45) is -0.278. The third-order valence-corrected chi connectivity index (χ3v) is 6.47. The van der Waals surface area contributed by atoms with Crippen molar-refractivity contribution in [3.8, 4) is 0 Å². The average Bonchev–Trinajstić information content (AvgIpc) is 2.87. The number of carbonyl (C=O) groups is 3. The summed E-state index contributed by atoms with van der Waals surface area (Å²) in [7, 11) is 1.69. The van der Waals surface area contributed by atoms with E-state index in [-0.39, 0.29) is 23.1 Å². The van der Waals surface area contributed by atoms with E-state index in [1.807, 2.05) is 30.3 Å². The van der Waals surface area contributed by atoms with Crippen LogP contribution >= 0.6 is 11.8 Å². The van der Waals surface area contributed by atoms with E-state index in [1.165, 1.54) is 6.92 Å². The van der Waals surface area contributed by atoms with E-state index in [9.17, 15) is 23.2 Å². The third-order valence-electron chi connectivity index (χ3n) is 5.15. The zero-order valence-corrected chi connectivity index (χ0v) is 18.6. The molecule has 0 radical (unpaired) electrons. The summed E-state index contributed by atoms with van der Waals surface area (Å²) in [5.41, 5.74) is 1.09. The zero-order valence-electron chi connectivity index (χ0n) is 17.8. The highest BCUT2D eigenvalue weighted by molar-refractivity contribution is 7.99. The summed E-state index contributed by atoms with van der Waals surface area (Å²) < 4.78 is 26.7. The highest BCUT2D eigenvalue weighted by Gasteiger charge is 2.36. The summed E-state index contributed by atoms with van der Waals surface area (Å²) in [6.45, 7) is 2.06. The van der Waals surface area contributed by atoms with Crippen LogP contribution in [0.15, 0.2) is 48.5 Å². The highest BCUT2D eigenvalue weighted by Crippen LogP contribution is 2.35. The molecule has 0 spiro atoms. The first-order valence-electron chi connectivity index (χ1n) is 10.2. The van der Waals surface area contributed by atoms with Gasteiger partial charge in [-0.3, -0.25) is 14.4 Å². The fourth-order valence-electron chi connectivity index (χ4n) is 3.49. The summed E-state index contributed by atoms with van der Waals surface area (Å²) in [6, 6.07) is 10.6. The maximum Gasteiger partial charge on any atom is 0.246 e. The number of hydrogen-bond acceptors (Lipinski definition) is 4. The molecular formula is C23H25F2N3O3S. The van der Waals surface area contributed by atoms with Gasteiger partial charge in [-0.25, -0.2) is 8.78 Å². The topological polar surface area (TPSA) is 78.5 Å². The molecule has 1 saturated heterocycles. The first-order chi connectivity index (χ1) is 15.2. The lowest BCUT2D eigenvalue weighted by Crippen LogP contribution is -2.54. The second kappa shape index (κ2) is 10.6. The van der Waals surface area contributed by atoms with Gasteiger partial charge in [-0.2, -0.15) is 0 Å². The molecule has 1 aliphatic heterocycles. The van der Waals surface area contributed by atoms with Crippen LogP contribution in [0.2, 0.25) is 0 Å². The maximum atomic E-state index is 13.3. The van der Waals surface area contributed by atoms with Crippen molar-refractivity contribution < 1.29 is 23.2 Å². The number of rotatable bonds is 6. The molecule has 0 unspecified atom stereocenters. The predicted octanol–water partition coefficient (Wildman–Crippen LogP) is 2.44. The van der Waals surface area contributed by atoms with Crippen molar-refractivity contribution in [3.63, 3.8) is 0 Å². The lowest BCUT2D eigenvalue weighted by molar-refractivity contribution is -0.136. The van der Waals surface area contributed by atoms with Gasteiger partial charge in [0.2, 0.25) is 17.7 Å². The van der Waals surface area contributed by atoms with Crippen LogP contribution in [0.1, 0.15) is 23.3 Å². The molecule has 0 aromatic heterocycles. The number of likely N-dealkylation sites (N-methyl/N-ethyl adjacent to an activating group) is 1. The largest absolute Gasteiger partial charge is 0.344 e. The molecule has 2 aromatic rings. The smallest absolute Gasteiger partial charge is 0.246 e. The molecule has 3 rings (SSSR count). The molecule has 0 bridgehead atoms. The van der Waals surface area contributed by atoms with Gasteiger partial charge in [-0.15, -0.1) is 11.8 Å². The summed E-state index contributed by atoms with van der Waals surface area (Å²) in [4.78, 5) is 39.6. The van der Waals surface area contributed by atoms with Crippen LogP contribution < -0.4 is 10.6 Å². The predicted molar refractivity (Wildman–Crippen MR) is 119 cm³/mol. The van der Waals surface area contributed by atoms with Gasteiger partial charge in [0, 0.05) is 25.4 Å². The average molecular weight is 462 g/mol. The quantitative estimate of drug-likeness (QED) is 0.693. The molecule has 3 atom stereocenters. The molecule has 1 fully saturated rings. The minimum atomic E-state index is -0.941. The van der Waals surface area contributed by atoms with Crippen LogP contribution in [0.4, 0.5) is 8.78 Å². The molecule has 1 aliphatic rings. The van der Waals surface area contributed by atoms with Gasteiger partial charge >= 0.3 is 0 Å². The van der Waals surface area contributed by atoms with Gasteiger partial charge in [0.1, 0.15) is 23.7 Å². The molecule has 2 N–H and O–H groups in total. The third kappa shape index (κ3) is 6.06.